The van der Waals surface area contributed by atoms with E-state index in [2.05, 4.69) is 17.6 Å². The number of aryl methyl sites for hydroxylation is 1. The summed E-state index contributed by atoms with van der Waals surface area (Å²) >= 11 is 0. The van der Waals surface area contributed by atoms with Gasteiger partial charge in [-0.05, 0) is 30.5 Å². The van der Waals surface area contributed by atoms with Gasteiger partial charge in [0.15, 0.2) is 0 Å². The number of benzene rings is 1. The summed E-state index contributed by atoms with van der Waals surface area (Å²) in [7, 11) is 3.45. The van der Waals surface area contributed by atoms with E-state index in [4.69, 9.17) is 9.57 Å². The monoisotopic (exact) mass is 195 g/mol. The number of ether oxygens (including phenoxy) is 1. The van der Waals surface area contributed by atoms with E-state index in [-0.39, 0.29) is 0 Å². The molecule has 14 heavy (non-hydrogen) atoms. The maximum absolute atomic E-state index is 5.08. The predicted octanol–water partition coefficient (Wildman–Crippen LogP) is 1.78. The first kappa shape index (κ1) is 11.0. The van der Waals surface area contributed by atoms with E-state index >= 15 is 0 Å². The van der Waals surface area contributed by atoms with Gasteiger partial charge in [-0.25, -0.2) is 5.48 Å². The van der Waals surface area contributed by atoms with Crippen molar-refractivity contribution in [2.45, 2.75) is 12.8 Å². The topological polar surface area (TPSA) is 30.5 Å². The number of hydroxylamine groups is 1. The van der Waals surface area contributed by atoms with Crippen LogP contribution in [0.2, 0.25) is 0 Å². The van der Waals surface area contributed by atoms with Crippen LogP contribution in [0.5, 0.6) is 5.75 Å². The summed E-state index contributed by atoms with van der Waals surface area (Å²) in [5.74, 6) is 0.903. The lowest BCUT2D eigenvalue weighted by molar-refractivity contribution is 0.0564. The average Bonchev–Trinajstić information content (AvgIpc) is 2.25. The molecule has 0 radical (unpaired) electrons. The molecule has 0 saturated heterocycles. The summed E-state index contributed by atoms with van der Waals surface area (Å²) in [6.07, 6.45) is 2.05. The SMILES string of the molecule is CNOCCCc1ccc(OC)cc1. The summed E-state index contributed by atoms with van der Waals surface area (Å²) in [6.45, 7) is 0.739. The summed E-state index contributed by atoms with van der Waals surface area (Å²) in [5.41, 5.74) is 3.96. The number of nitrogens with one attached hydrogen (secondary N) is 1. The highest BCUT2D eigenvalue weighted by atomic mass is 16.6. The second-order valence-electron chi connectivity index (χ2n) is 3.00. The standard InChI is InChI=1S/C11H17NO2/c1-12-14-9-3-4-10-5-7-11(13-2)8-6-10/h5-8,12H,3-4,9H2,1-2H3. The summed E-state index contributed by atoms with van der Waals surface area (Å²) in [4.78, 5) is 5.03. The zero-order valence-electron chi connectivity index (χ0n) is 8.75. The van der Waals surface area contributed by atoms with Crippen LogP contribution in [0.15, 0.2) is 24.3 Å². The van der Waals surface area contributed by atoms with Gasteiger partial charge in [-0.3, -0.25) is 0 Å². The second-order valence-corrected chi connectivity index (χ2v) is 3.00. The van der Waals surface area contributed by atoms with Crippen LogP contribution in [0.3, 0.4) is 0 Å². The average molecular weight is 195 g/mol. The highest BCUT2D eigenvalue weighted by Gasteiger charge is 1.94. The maximum atomic E-state index is 5.08. The van der Waals surface area contributed by atoms with Crippen LogP contribution < -0.4 is 10.2 Å². The van der Waals surface area contributed by atoms with Gasteiger partial charge in [0.05, 0.1) is 13.7 Å². The molecule has 1 aromatic carbocycles. The molecule has 0 aliphatic heterocycles. The fraction of sp³-hybridized carbons (Fsp3) is 0.455. The second kappa shape index (κ2) is 6.40. The third-order valence-corrected chi connectivity index (χ3v) is 2.02. The van der Waals surface area contributed by atoms with E-state index in [1.807, 2.05) is 12.1 Å². The Balaban J connectivity index is 2.29. The van der Waals surface area contributed by atoms with Crippen molar-refractivity contribution in [3.63, 3.8) is 0 Å². The van der Waals surface area contributed by atoms with Crippen molar-refractivity contribution < 1.29 is 9.57 Å². The number of hydrogen-bond donors (Lipinski definition) is 1. The first-order valence-electron chi connectivity index (χ1n) is 4.78. The lowest BCUT2D eigenvalue weighted by atomic mass is 10.1. The van der Waals surface area contributed by atoms with Crippen molar-refractivity contribution in [3.8, 4) is 5.75 Å². The molecule has 0 fully saturated rings. The molecule has 1 N–H and O–H groups in total. The van der Waals surface area contributed by atoms with Crippen molar-refractivity contribution in [1.82, 2.24) is 5.48 Å². The minimum atomic E-state index is 0.739. The normalized spacial score (nSPS) is 10.1. The fourth-order valence-corrected chi connectivity index (χ4v) is 1.24. The van der Waals surface area contributed by atoms with Gasteiger partial charge >= 0.3 is 0 Å². The van der Waals surface area contributed by atoms with Crippen LogP contribution in [0.25, 0.3) is 0 Å². The highest BCUT2D eigenvalue weighted by molar-refractivity contribution is 5.27. The number of hydrogen-bond acceptors (Lipinski definition) is 3. The van der Waals surface area contributed by atoms with Gasteiger partial charge in [0.25, 0.3) is 0 Å². The molecule has 1 rings (SSSR count). The molecule has 0 atom stereocenters. The molecule has 0 aliphatic carbocycles. The number of methoxy groups -OCH3 is 1. The van der Waals surface area contributed by atoms with Gasteiger partial charge in [-0.15, -0.1) is 0 Å². The van der Waals surface area contributed by atoms with E-state index in [0.29, 0.717) is 0 Å². The molecule has 0 bridgehead atoms. The van der Waals surface area contributed by atoms with Gasteiger partial charge in [0.1, 0.15) is 5.75 Å². The first-order chi connectivity index (χ1) is 6.86. The maximum Gasteiger partial charge on any atom is 0.118 e. The third-order valence-electron chi connectivity index (χ3n) is 2.02. The Bertz CT molecular complexity index is 246. The van der Waals surface area contributed by atoms with Crippen LogP contribution >= 0.6 is 0 Å². The van der Waals surface area contributed by atoms with Crippen LogP contribution in [-0.2, 0) is 11.3 Å². The first-order valence-corrected chi connectivity index (χ1v) is 4.78. The molecule has 3 nitrogen and oxygen atoms in total. The lowest BCUT2D eigenvalue weighted by Gasteiger charge is -2.03. The van der Waals surface area contributed by atoms with Crippen molar-refractivity contribution in [2.75, 3.05) is 20.8 Å². The summed E-state index contributed by atoms with van der Waals surface area (Å²) in [5, 5.41) is 0. The van der Waals surface area contributed by atoms with Gasteiger partial charge in [0.2, 0.25) is 0 Å². The Morgan fingerprint density at radius 3 is 2.50 bits per heavy atom. The van der Waals surface area contributed by atoms with Gasteiger partial charge in [-0.2, -0.15) is 0 Å². The number of rotatable bonds is 6. The van der Waals surface area contributed by atoms with E-state index < -0.39 is 0 Å². The summed E-state index contributed by atoms with van der Waals surface area (Å²) in [6, 6.07) is 8.12. The molecule has 0 heterocycles. The smallest absolute Gasteiger partial charge is 0.118 e. The molecule has 3 heteroatoms. The van der Waals surface area contributed by atoms with E-state index in [9.17, 15) is 0 Å². The zero-order valence-corrected chi connectivity index (χ0v) is 8.75. The fourth-order valence-electron chi connectivity index (χ4n) is 1.24. The molecule has 0 unspecified atom stereocenters. The quantitative estimate of drug-likeness (QED) is 0.554. The van der Waals surface area contributed by atoms with E-state index in [0.717, 1.165) is 25.2 Å². The molecule has 0 aromatic heterocycles. The minimum absolute atomic E-state index is 0.739. The highest BCUT2D eigenvalue weighted by Crippen LogP contribution is 2.12. The molecule has 0 aliphatic rings. The largest absolute Gasteiger partial charge is 0.497 e. The van der Waals surface area contributed by atoms with Crippen molar-refractivity contribution in [1.29, 1.82) is 0 Å². The molecule has 0 amide bonds. The van der Waals surface area contributed by atoms with Crippen molar-refractivity contribution in [3.05, 3.63) is 29.8 Å². The van der Waals surface area contributed by atoms with Crippen LogP contribution in [-0.4, -0.2) is 20.8 Å². The van der Waals surface area contributed by atoms with E-state index in [1.54, 1.807) is 14.2 Å². The van der Waals surface area contributed by atoms with Gasteiger partial charge < -0.3 is 9.57 Å². The predicted molar refractivity (Wildman–Crippen MR) is 56.3 cm³/mol. The van der Waals surface area contributed by atoms with Crippen molar-refractivity contribution >= 4 is 0 Å². The Hall–Kier alpha value is -1.06. The lowest BCUT2D eigenvalue weighted by Crippen LogP contribution is -2.08. The molecular formula is C11H17NO2. The van der Waals surface area contributed by atoms with Crippen LogP contribution in [0, 0.1) is 0 Å². The Kier molecular flexibility index (Phi) is 5.04. The minimum Gasteiger partial charge on any atom is -0.497 e. The Morgan fingerprint density at radius 1 is 1.21 bits per heavy atom. The van der Waals surface area contributed by atoms with Crippen molar-refractivity contribution in [2.24, 2.45) is 0 Å². The van der Waals surface area contributed by atoms with Crippen LogP contribution in [0.4, 0.5) is 0 Å². The molecular weight excluding hydrogens is 178 g/mol. The molecule has 78 valence electrons. The van der Waals surface area contributed by atoms with E-state index in [1.165, 1.54) is 5.56 Å². The Labute approximate surface area is 85.0 Å². The van der Waals surface area contributed by atoms with Gasteiger partial charge in [0, 0.05) is 7.05 Å². The molecule has 1 aromatic rings. The third kappa shape index (κ3) is 3.77. The molecule has 0 spiro atoms. The zero-order chi connectivity index (χ0) is 10.2. The summed E-state index contributed by atoms with van der Waals surface area (Å²) < 4.78 is 5.08. The van der Waals surface area contributed by atoms with Gasteiger partial charge in [-0.1, -0.05) is 12.1 Å². The van der Waals surface area contributed by atoms with Crippen LogP contribution in [0.1, 0.15) is 12.0 Å². The molecule has 0 saturated carbocycles. The Morgan fingerprint density at radius 2 is 1.93 bits per heavy atom.